The van der Waals surface area contributed by atoms with Gasteiger partial charge in [0.25, 0.3) is 0 Å². The number of β-amino-alcohol motifs (C(OH)–C–C–N with tert-alkyl or cyclic N) is 1. The lowest BCUT2D eigenvalue weighted by molar-refractivity contribution is 0.290. The average Bonchev–Trinajstić information content (AvgIpc) is 3.08. The van der Waals surface area contributed by atoms with Crippen molar-refractivity contribution in [2.45, 2.75) is 0 Å². The summed E-state index contributed by atoms with van der Waals surface area (Å²) in [6.45, 7) is 0.759. The fourth-order valence-electron chi connectivity index (χ4n) is 3.59. The van der Waals surface area contributed by atoms with Gasteiger partial charge in [-0.25, -0.2) is 18.7 Å². The number of aromatic nitrogens is 4. The van der Waals surface area contributed by atoms with Crippen LogP contribution in [0.1, 0.15) is 0 Å². The second-order valence-electron chi connectivity index (χ2n) is 6.72. The summed E-state index contributed by atoms with van der Waals surface area (Å²) in [5.41, 5.74) is 6.07. The number of aliphatic hydroxyl groups excluding tert-OH is 1. The highest BCUT2D eigenvalue weighted by Gasteiger charge is 2.28. The normalized spacial score (nSPS) is 13.5. The summed E-state index contributed by atoms with van der Waals surface area (Å²) in [4.78, 5) is 18.8. The van der Waals surface area contributed by atoms with E-state index in [1.807, 2.05) is 0 Å². The molecule has 0 spiro atoms. The van der Waals surface area contributed by atoms with Crippen molar-refractivity contribution >= 4 is 43.4 Å². The molecule has 9 nitrogen and oxygen atoms in total. The van der Waals surface area contributed by atoms with Gasteiger partial charge in [0.1, 0.15) is 34.8 Å². The number of aliphatic hydroxyl groups is 1. The van der Waals surface area contributed by atoms with E-state index in [-0.39, 0.29) is 69.2 Å². The number of methoxy groups -OCH3 is 1. The molecule has 0 saturated heterocycles. The minimum atomic E-state index is -0.755. The Bertz CT molecular complexity index is 1330. The topological polar surface area (TPSA) is 120 Å². The molecule has 0 aliphatic carbocycles. The van der Waals surface area contributed by atoms with Gasteiger partial charge in [-0.05, 0) is 12.1 Å². The predicted molar refractivity (Wildman–Crippen MR) is 112 cm³/mol. The van der Waals surface area contributed by atoms with Gasteiger partial charge in [0.2, 0.25) is 5.88 Å². The zero-order valence-corrected chi connectivity index (χ0v) is 17.0. The Balaban J connectivity index is 1.84. The summed E-state index contributed by atoms with van der Waals surface area (Å²) in [6.07, 6.45) is 0. The quantitative estimate of drug-likeness (QED) is 0.487. The number of nitrogens with zero attached hydrogens (tertiary/aromatic N) is 5. The monoisotopic (exact) mass is 446 g/mol. The van der Waals surface area contributed by atoms with Crippen LogP contribution in [0, 0.1) is 11.6 Å². The Kier molecular flexibility index (Phi) is 4.67. The zero-order chi connectivity index (χ0) is 21.7. The first kappa shape index (κ1) is 19.6. The predicted octanol–water partition coefficient (Wildman–Crippen LogP) is 2.36. The molecule has 1 aliphatic rings. The minimum Gasteiger partial charge on any atom is -0.475 e. The lowest BCUT2D eigenvalue weighted by Crippen LogP contribution is -2.30. The first-order valence-corrected chi connectivity index (χ1v) is 10.1. The highest BCUT2D eigenvalue weighted by Crippen LogP contribution is 2.41. The molecular weight excluding hydrogens is 430 g/mol. The Hall–Kier alpha value is -3.38. The van der Waals surface area contributed by atoms with Gasteiger partial charge in [-0.1, -0.05) is 11.3 Å². The molecule has 0 fully saturated rings. The fourth-order valence-corrected chi connectivity index (χ4v) is 4.35. The standard InChI is InChI=1S/C19H16F2N6O3S/c1-29-19-25-14-10-16(26-19)27(4-6-28)5-7-30-17(10)23-12(11(14)21)8-2-3-9(20)15-13(8)24-18(22)31-15/h2-3,28H,4-7H2,1H3,(H2,22,24). The number of pyridine rings is 1. The van der Waals surface area contributed by atoms with Crippen molar-refractivity contribution in [1.29, 1.82) is 0 Å². The molecular formula is C19H16F2N6O3S. The SMILES string of the molecule is COc1nc2c3c(nc(-c4ccc(F)c5sc(N)nc45)c(F)c3n1)OCCN2CCO. The molecule has 5 rings (SSSR count). The van der Waals surface area contributed by atoms with Crippen molar-refractivity contribution in [3.63, 3.8) is 0 Å². The highest BCUT2D eigenvalue weighted by atomic mass is 32.1. The van der Waals surface area contributed by atoms with Crippen LogP contribution in [0.25, 0.3) is 32.4 Å². The zero-order valence-electron chi connectivity index (χ0n) is 16.2. The average molecular weight is 446 g/mol. The lowest BCUT2D eigenvalue weighted by atomic mass is 10.1. The van der Waals surface area contributed by atoms with Gasteiger partial charge >= 0.3 is 6.01 Å². The minimum absolute atomic E-state index is 0.0449. The van der Waals surface area contributed by atoms with E-state index in [4.69, 9.17) is 15.2 Å². The van der Waals surface area contributed by atoms with E-state index in [1.165, 1.54) is 19.2 Å². The number of anilines is 2. The summed E-state index contributed by atoms with van der Waals surface area (Å²) >= 11 is 0.970. The molecule has 0 bridgehead atoms. The van der Waals surface area contributed by atoms with Crippen LogP contribution in [0.4, 0.5) is 19.7 Å². The molecule has 3 aromatic heterocycles. The number of ether oxygens (including phenoxy) is 2. The van der Waals surface area contributed by atoms with Gasteiger partial charge < -0.3 is 25.2 Å². The maximum atomic E-state index is 15.8. The van der Waals surface area contributed by atoms with Crippen LogP contribution in [0.5, 0.6) is 11.9 Å². The summed E-state index contributed by atoms with van der Waals surface area (Å²) in [7, 11) is 1.37. The van der Waals surface area contributed by atoms with E-state index >= 15 is 4.39 Å². The van der Waals surface area contributed by atoms with Crippen molar-refractivity contribution in [1.82, 2.24) is 19.9 Å². The second kappa shape index (κ2) is 7.39. The summed E-state index contributed by atoms with van der Waals surface area (Å²) in [5.74, 6) is -0.780. The summed E-state index contributed by atoms with van der Waals surface area (Å²) in [6, 6.07) is 2.57. The molecule has 1 aromatic carbocycles. The molecule has 0 saturated carbocycles. The molecule has 12 heteroatoms. The van der Waals surface area contributed by atoms with Crippen LogP contribution >= 0.6 is 11.3 Å². The van der Waals surface area contributed by atoms with E-state index in [1.54, 1.807) is 4.90 Å². The maximum Gasteiger partial charge on any atom is 0.318 e. The first-order valence-electron chi connectivity index (χ1n) is 9.30. The number of hydrogen-bond donors (Lipinski definition) is 2. The number of rotatable bonds is 4. The van der Waals surface area contributed by atoms with E-state index in [0.29, 0.717) is 12.4 Å². The number of hydrogen-bond acceptors (Lipinski definition) is 10. The molecule has 1 aliphatic heterocycles. The van der Waals surface area contributed by atoms with Crippen molar-refractivity contribution in [3.8, 4) is 23.1 Å². The highest BCUT2D eigenvalue weighted by molar-refractivity contribution is 7.22. The van der Waals surface area contributed by atoms with Crippen LogP contribution in [0.2, 0.25) is 0 Å². The molecule has 4 aromatic rings. The Morgan fingerprint density at radius 2 is 2.06 bits per heavy atom. The van der Waals surface area contributed by atoms with Crippen LogP contribution in [-0.2, 0) is 0 Å². The number of nitrogen functional groups attached to an aromatic ring is 1. The van der Waals surface area contributed by atoms with Crippen LogP contribution in [-0.4, -0.2) is 58.5 Å². The van der Waals surface area contributed by atoms with Gasteiger partial charge in [-0.15, -0.1) is 0 Å². The third-order valence-corrected chi connectivity index (χ3v) is 5.82. The van der Waals surface area contributed by atoms with E-state index in [0.717, 1.165) is 11.3 Å². The van der Waals surface area contributed by atoms with E-state index < -0.39 is 11.6 Å². The van der Waals surface area contributed by atoms with Crippen LogP contribution < -0.4 is 20.1 Å². The lowest BCUT2D eigenvalue weighted by Gasteiger charge is -2.21. The molecule has 4 heterocycles. The van der Waals surface area contributed by atoms with E-state index in [2.05, 4.69) is 19.9 Å². The number of fused-ring (bicyclic) bond motifs is 1. The Morgan fingerprint density at radius 1 is 1.23 bits per heavy atom. The Morgan fingerprint density at radius 3 is 2.84 bits per heavy atom. The van der Waals surface area contributed by atoms with Crippen LogP contribution in [0.3, 0.4) is 0 Å². The van der Waals surface area contributed by atoms with Crippen molar-refractivity contribution < 1.29 is 23.4 Å². The first-order chi connectivity index (χ1) is 15.0. The summed E-state index contributed by atoms with van der Waals surface area (Å²) < 4.78 is 41.2. The third-order valence-electron chi connectivity index (χ3n) is 4.93. The van der Waals surface area contributed by atoms with Gasteiger partial charge in [0.15, 0.2) is 10.9 Å². The van der Waals surface area contributed by atoms with Gasteiger partial charge in [-0.3, -0.25) is 0 Å². The largest absolute Gasteiger partial charge is 0.475 e. The molecule has 0 amide bonds. The number of thiazole rings is 1. The number of halogens is 2. The van der Waals surface area contributed by atoms with E-state index in [9.17, 15) is 9.50 Å². The second-order valence-corrected chi connectivity index (χ2v) is 7.75. The molecule has 0 atom stereocenters. The van der Waals surface area contributed by atoms with Gasteiger partial charge in [-0.2, -0.15) is 9.97 Å². The van der Waals surface area contributed by atoms with Crippen LogP contribution in [0.15, 0.2) is 12.1 Å². The smallest absolute Gasteiger partial charge is 0.318 e. The molecule has 3 N–H and O–H groups in total. The Labute approximate surface area is 178 Å². The molecule has 0 unspecified atom stereocenters. The number of benzene rings is 1. The van der Waals surface area contributed by atoms with Crippen molar-refractivity contribution in [2.75, 3.05) is 44.0 Å². The number of nitrogens with two attached hydrogens (primary N) is 1. The third kappa shape index (κ3) is 3.06. The molecule has 31 heavy (non-hydrogen) atoms. The fraction of sp³-hybridized carbons (Fsp3) is 0.263. The van der Waals surface area contributed by atoms with Crippen molar-refractivity contribution in [3.05, 3.63) is 23.8 Å². The molecule has 160 valence electrons. The maximum absolute atomic E-state index is 15.8. The van der Waals surface area contributed by atoms with Gasteiger partial charge in [0, 0.05) is 12.1 Å². The van der Waals surface area contributed by atoms with Crippen molar-refractivity contribution in [2.24, 2.45) is 0 Å². The van der Waals surface area contributed by atoms with Gasteiger partial charge in [0.05, 0.1) is 30.5 Å². The molecule has 0 radical (unpaired) electrons. The summed E-state index contributed by atoms with van der Waals surface area (Å²) in [5, 5.41) is 9.84.